The molecule has 2 aromatic rings. The number of rotatable bonds is 12. The summed E-state index contributed by atoms with van der Waals surface area (Å²) >= 11 is 1.48. The van der Waals surface area contributed by atoms with E-state index in [1.54, 1.807) is 14.2 Å². The molecule has 37 heavy (non-hydrogen) atoms. The molecule has 1 aliphatic carbocycles. The molecule has 1 saturated carbocycles. The Morgan fingerprint density at radius 1 is 1.16 bits per heavy atom. The van der Waals surface area contributed by atoms with Gasteiger partial charge in [0.1, 0.15) is 11.5 Å². The molecular weight excluding hydrogens is 506 g/mol. The van der Waals surface area contributed by atoms with Crippen molar-refractivity contribution >= 4 is 25.6 Å². The van der Waals surface area contributed by atoms with Crippen molar-refractivity contribution in [3.8, 4) is 11.5 Å². The number of thiazole rings is 1. The van der Waals surface area contributed by atoms with Crippen LogP contribution in [0.1, 0.15) is 74.4 Å². The predicted octanol–water partition coefficient (Wildman–Crippen LogP) is 6.73. The Balaban J connectivity index is 2.08. The number of nitrogens with zero attached hydrogens (tertiary/aromatic N) is 1. The minimum Gasteiger partial charge on any atom is -0.496 e. The summed E-state index contributed by atoms with van der Waals surface area (Å²) in [6.45, 7) is 13.2. The second-order valence-corrected chi connectivity index (χ2v) is 17.1. The SMILES string of the molecule is COc1cc([C@@H](O[Si](C)(C)C(C)(C)C)[C@H](Cc2nc(CC(=O)O)cs2)OC2CCCC2)cc(OC)c1C. The fraction of sp³-hybridized carbons (Fsp3) is 0.643. The monoisotopic (exact) mass is 549 g/mol. The van der Waals surface area contributed by atoms with Crippen molar-refractivity contribution in [2.45, 2.75) is 103 Å². The maximum Gasteiger partial charge on any atom is 0.309 e. The average molecular weight is 550 g/mol. The zero-order chi connectivity index (χ0) is 27.4. The molecule has 1 aromatic carbocycles. The molecule has 1 fully saturated rings. The van der Waals surface area contributed by atoms with E-state index in [1.807, 2.05) is 24.4 Å². The van der Waals surface area contributed by atoms with Crippen LogP contribution in [0.4, 0.5) is 0 Å². The first-order chi connectivity index (χ1) is 17.3. The summed E-state index contributed by atoms with van der Waals surface area (Å²) in [7, 11) is 1.11. The number of carboxylic acid groups (broad SMARTS) is 1. The van der Waals surface area contributed by atoms with E-state index in [4.69, 9.17) is 18.6 Å². The van der Waals surface area contributed by atoms with Gasteiger partial charge in [0, 0.05) is 17.4 Å². The highest BCUT2D eigenvalue weighted by Crippen LogP contribution is 2.44. The molecule has 0 aliphatic heterocycles. The summed E-state index contributed by atoms with van der Waals surface area (Å²) in [4.78, 5) is 15.9. The van der Waals surface area contributed by atoms with Crippen molar-refractivity contribution in [3.05, 3.63) is 39.3 Å². The van der Waals surface area contributed by atoms with E-state index in [0.29, 0.717) is 12.1 Å². The van der Waals surface area contributed by atoms with E-state index < -0.39 is 14.3 Å². The minimum absolute atomic E-state index is 0.00212. The maximum absolute atomic E-state index is 11.2. The highest BCUT2D eigenvalue weighted by atomic mass is 32.1. The molecule has 7 nitrogen and oxygen atoms in total. The van der Waals surface area contributed by atoms with Crippen LogP contribution in [0.2, 0.25) is 18.1 Å². The first-order valence-electron chi connectivity index (χ1n) is 13.1. The molecule has 3 rings (SSSR count). The zero-order valence-corrected chi connectivity index (χ0v) is 25.4. The number of hydrogen-bond acceptors (Lipinski definition) is 7. The van der Waals surface area contributed by atoms with E-state index in [1.165, 1.54) is 11.3 Å². The predicted molar refractivity (Wildman–Crippen MR) is 150 cm³/mol. The van der Waals surface area contributed by atoms with Gasteiger partial charge in [0.2, 0.25) is 0 Å². The second kappa shape index (κ2) is 12.3. The lowest BCUT2D eigenvalue weighted by Gasteiger charge is -2.42. The molecular formula is C28H43NO6SSi. The van der Waals surface area contributed by atoms with Crippen molar-refractivity contribution in [1.29, 1.82) is 0 Å². The zero-order valence-electron chi connectivity index (χ0n) is 23.6. The molecule has 0 unspecified atom stereocenters. The molecule has 0 spiro atoms. The van der Waals surface area contributed by atoms with Crippen LogP contribution in [0.15, 0.2) is 17.5 Å². The van der Waals surface area contributed by atoms with Crippen LogP contribution in [-0.2, 0) is 26.8 Å². The van der Waals surface area contributed by atoms with Crippen molar-refractivity contribution < 1.29 is 28.5 Å². The van der Waals surface area contributed by atoms with E-state index in [2.05, 4.69) is 38.8 Å². The number of methoxy groups -OCH3 is 2. The van der Waals surface area contributed by atoms with Crippen LogP contribution < -0.4 is 9.47 Å². The van der Waals surface area contributed by atoms with Crippen LogP contribution in [0.25, 0.3) is 0 Å². The Bertz CT molecular complexity index is 1030. The molecule has 1 heterocycles. The lowest BCUT2D eigenvalue weighted by Crippen LogP contribution is -2.45. The van der Waals surface area contributed by atoms with Crippen molar-refractivity contribution in [2.24, 2.45) is 0 Å². The molecule has 1 aliphatic rings. The third-order valence-electron chi connectivity index (χ3n) is 7.65. The van der Waals surface area contributed by atoms with Crippen LogP contribution in [0, 0.1) is 6.92 Å². The van der Waals surface area contributed by atoms with E-state index in [0.717, 1.165) is 53.3 Å². The Labute approximate surface area is 226 Å². The summed E-state index contributed by atoms with van der Waals surface area (Å²) in [5, 5.41) is 11.9. The first kappa shape index (κ1) is 29.6. The lowest BCUT2D eigenvalue weighted by molar-refractivity contribution is -0.136. The fourth-order valence-electron chi connectivity index (χ4n) is 4.47. The van der Waals surface area contributed by atoms with Gasteiger partial charge >= 0.3 is 5.97 Å². The number of carboxylic acids is 1. The number of carbonyl (C=O) groups is 1. The molecule has 0 saturated heterocycles. The number of hydrogen-bond donors (Lipinski definition) is 1. The summed E-state index contributed by atoms with van der Waals surface area (Å²) in [5.41, 5.74) is 2.47. The smallest absolute Gasteiger partial charge is 0.309 e. The second-order valence-electron chi connectivity index (χ2n) is 11.4. The van der Waals surface area contributed by atoms with Crippen LogP contribution in [0.5, 0.6) is 11.5 Å². The maximum atomic E-state index is 11.2. The van der Waals surface area contributed by atoms with Gasteiger partial charge in [-0.25, -0.2) is 4.98 Å². The molecule has 2 atom stereocenters. The van der Waals surface area contributed by atoms with Gasteiger partial charge in [-0.15, -0.1) is 11.3 Å². The van der Waals surface area contributed by atoms with Crippen molar-refractivity contribution in [2.75, 3.05) is 14.2 Å². The molecule has 9 heteroatoms. The average Bonchev–Trinajstić information content (AvgIpc) is 3.48. The van der Waals surface area contributed by atoms with Gasteiger partial charge in [0.15, 0.2) is 8.32 Å². The molecule has 206 valence electrons. The van der Waals surface area contributed by atoms with Gasteiger partial charge in [-0.2, -0.15) is 0 Å². The van der Waals surface area contributed by atoms with E-state index in [9.17, 15) is 9.90 Å². The Kier molecular flexibility index (Phi) is 9.83. The normalized spacial score (nSPS) is 16.5. The van der Waals surface area contributed by atoms with Crippen LogP contribution in [-0.4, -0.2) is 50.8 Å². The standard InChI is InChI=1S/C28H43NO6SSi/c1-18-22(32-5)13-19(14-23(18)33-6)27(35-37(7,8)28(2,3)4)24(34-21-11-9-10-12-21)16-25-29-20(17-36-25)15-26(30)31/h13-14,17,21,24,27H,9-12,15-16H2,1-8H3,(H,30,31)/t24-,27+/m0/s1. The highest BCUT2D eigenvalue weighted by Gasteiger charge is 2.42. The van der Waals surface area contributed by atoms with Gasteiger partial charge in [0.05, 0.1) is 49.7 Å². The van der Waals surface area contributed by atoms with E-state index >= 15 is 0 Å². The molecule has 0 radical (unpaired) electrons. The summed E-state index contributed by atoms with van der Waals surface area (Å²) in [6, 6.07) is 4.08. The number of aromatic nitrogens is 1. The number of benzene rings is 1. The van der Waals surface area contributed by atoms with Crippen molar-refractivity contribution in [1.82, 2.24) is 4.98 Å². The number of ether oxygens (including phenoxy) is 3. The largest absolute Gasteiger partial charge is 0.496 e. The summed E-state index contributed by atoms with van der Waals surface area (Å²) in [6.07, 6.45) is 4.37. The quantitative estimate of drug-likeness (QED) is 0.294. The Morgan fingerprint density at radius 3 is 2.27 bits per heavy atom. The minimum atomic E-state index is -2.23. The molecule has 0 amide bonds. The van der Waals surface area contributed by atoms with Gasteiger partial charge in [-0.05, 0) is 55.6 Å². The lowest BCUT2D eigenvalue weighted by atomic mass is 9.99. The molecule has 0 bridgehead atoms. The molecule has 1 aromatic heterocycles. The van der Waals surface area contributed by atoms with Crippen molar-refractivity contribution in [3.63, 3.8) is 0 Å². The Hall–Kier alpha value is -1.94. The van der Waals surface area contributed by atoms with Crippen LogP contribution in [0.3, 0.4) is 0 Å². The van der Waals surface area contributed by atoms with Gasteiger partial charge in [-0.1, -0.05) is 33.6 Å². The van der Waals surface area contributed by atoms with E-state index in [-0.39, 0.29) is 29.8 Å². The van der Waals surface area contributed by atoms with Gasteiger partial charge in [0.25, 0.3) is 0 Å². The Morgan fingerprint density at radius 2 is 1.76 bits per heavy atom. The topological polar surface area (TPSA) is 87.1 Å². The van der Waals surface area contributed by atoms with Crippen LogP contribution >= 0.6 is 11.3 Å². The number of aliphatic carboxylic acids is 1. The first-order valence-corrected chi connectivity index (χ1v) is 16.8. The third kappa shape index (κ3) is 7.56. The van der Waals surface area contributed by atoms with Gasteiger partial charge in [-0.3, -0.25) is 4.79 Å². The summed E-state index contributed by atoms with van der Waals surface area (Å²) < 4.78 is 25.4. The summed E-state index contributed by atoms with van der Waals surface area (Å²) in [5.74, 6) is 0.611. The third-order valence-corrected chi connectivity index (χ3v) is 13.0. The fourth-order valence-corrected chi connectivity index (χ4v) is 6.59. The highest BCUT2D eigenvalue weighted by molar-refractivity contribution is 7.09. The molecule has 1 N–H and O–H groups in total. The van der Waals surface area contributed by atoms with Gasteiger partial charge < -0.3 is 23.7 Å².